The zero-order valence-corrected chi connectivity index (χ0v) is 10.9. The van der Waals surface area contributed by atoms with Crippen LogP contribution in [0.2, 0.25) is 0 Å². The number of halogens is 2. The van der Waals surface area contributed by atoms with Crippen molar-refractivity contribution in [3.8, 4) is 11.5 Å². The van der Waals surface area contributed by atoms with Gasteiger partial charge in [-0.3, -0.25) is 0 Å². The Morgan fingerprint density at radius 3 is 2.70 bits per heavy atom. The van der Waals surface area contributed by atoms with Crippen molar-refractivity contribution in [2.45, 2.75) is 19.7 Å². The van der Waals surface area contributed by atoms with Crippen LogP contribution in [0.15, 0.2) is 41.0 Å². The summed E-state index contributed by atoms with van der Waals surface area (Å²) in [5.41, 5.74) is 0.813. The largest absolute Gasteiger partial charge is 0.493 e. The predicted molar refractivity (Wildman–Crippen MR) is 68.9 cm³/mol. The molecule has 1 aromatic heterocycles. The van der Waals surface area contributed by atoms with Crippen molar-refractivity contribution >= 4 is 0 Å². The smallest absolute Gasteiger partial charge is 0.387 e. The molecule has 0 saturated heterocycles. The maximum Gasteiger partial charge on any atom is 0.387 e. The molecule has 0 aliphatic heterocycles. The Morgan fingerprint density at radius 1 is 1.20 bits per heavy atom. The minimum Gasteiger partial charge on any atom is -0.493 e. The molecule has 0 bridgehead atoms. The van der Waals surface area contributed by atoms with E-state index >= 15 is 0 Å². The summed E-state index contributed by atoms with van der Waals surface area (Å²) in [4.78, 5) is 0. The molecular formula is C14H15F2NO3. The lowest BCUT2D eigenvalue weighted by Gasteiger charge is -2.11. The van der Waals surface area contributed by atoms with E-state index in [1.54, 1.807) is 24.5 Å². The maximum atomic E-state index is 12.3. The molecular weight excluding hydrogens is 268 g/mol. The van der Waals surface area contributed by atoms with Crippen LogP contribution >= 0.6 is 0 Å². The van der Waals surface area contributed by atoms with E-state index in [0.717, 1.165) is 11.3 Å². The van der Waals surface area contributed by atoms with Gasteiger partial charge in [-0.15, -0.1) is 0 Å². The number of hydrogen-bond donors (Lipinski definition) is 1. The average molecular weight is 283 g/mol. The molecule has 0 spiro atoms. The second-order valence-electron chi connectivity index (χ2n) is 4.05. The highest BCUT2D eigenvalue weighted by Gasteiger charge is 2.11. The number of benzene rings is 1. The normalized spacial score (nSPS) is 10.8. The molecule has 2 aromatic rings. The molecule has 0 atom stereocenters. The highest BCUT2D eigenvalue weighted by molar-refractivity contribution is 5.42. The maximum absolute atomic E-state index is 12.3. The first kappa shape index (κ1) is 14.3. The third-order valence-electron chi connectivity index (χ3n) is 2.65. The number of furan rings is 1. The highest BCUT2D eigenvalue weighted by atomic mass is 19.3. The van der Waals surface area contributed by atoms with Crippen molar-refractivity contribution in [2.24, 2.45) is 0 Å². The van der Waals surface area contributed by atoms with Crippen LogP contribution in [-0.2, 0) is 13.1 Å². The fraction of sp³-hybridized carbons (Fsp3) is 0.286. The molecule has 1 aromatic carbocycles. The molecule has 0 radical (unpaired) electrons. The van der Waals surface area contributed by atoms with Crippen molar-refractivity contribution in [3.63, 3.8) is 0 Å². The molecule has 0 saturated carbocycles. The number of ether oxygens (including phenoxy) is 2. The summed E-state index contributed by atoms with van der Waals surface area (Å²) in [6, 6.07) is 8.57. The lowest BCUT2D eigenvalue weighted by Crippen LogP contribution is -2.12. The Balaban J connectivity index is 1.97. The molecule has 4 nitrogen and oxygen atoms in total. The minimum absolute atomic E-state index is 0.0276. The van der Waals surface area contributed by atoms with Gasteiger partial charge in [-0.2, -0.15) is 8.78 Å². The number of nitrogens with one attached hydrogen (secondary N) is 1. The van der Waals surface area contributed by atoms with Gasteiger partial charge in [-0.05, 0) is 29.8 Å². The number of hydrogen-bond acceptors (Lipinski definition) is 4. The van der Waals surface area contributed by atoms with Crippen LogP contribution in [0, 0.1) is 0 Å². The van der Waals surface area contributed by atoms with Gasteiger partial charge in [0.05, 0.1) is 19.9 Å². The first-order valence-electron chi connectivity index (χ1n) is 6.04. The van der Waals surface area contributed by atoms with Gasteiger partial charge in [0.2, 0.25) is 0 Å². The van der Waals surface area contributed by atoms with Crippen molar-refractivity contribution in [3.05, 3.63) is 47.9 Å². The van der Waals surface area contributed by atoms with Gasteiger partial charge in [-0.25, -0.2) is 0 Å². The van der Waals surface area contributed by atoms with Crippen LogP contribution in [0.25, 0.3) is 0 Å². The molecule has 0 aliphatic rings. The fourth-order valence-electron chi connectivity index (χ4n) is 1.76. The quantitative estimate of drug-likeness (QED) is 0.847. The Bertz CT molecular complexity index is 529. The van der Waals surface area contributed by atoms with Gasteiger partial charge in [0.25, 0.3) is 0 Å². The molecule has 6 heteroatoms. The van der Waals surface area contributed by atoms with Crippen molar-refractivity contribution in [1.82, 2.24) is 5.32 Å². The van der Waals surface area contributed by atoms with E-state index in [1.807, 2.05) is 6.07 Å². The molecule has 20 heavy (non-hydrogen) atoms. The molecule has 1 heterocycles. The van der Waals surface area contributed by atoms with E-state index in [4.69, 9.17) is 9.15 Å². The Kier molecular flexibility index (Phi) is 4.95. The second kappa shape index (κ2) is 6.91. The van der Waals surface area contributed by atoms with Gasteiger partial charge in [-0.1, -0.05) is 6.07 Å². The average Bonchev–Trinajstić information content (AvgIpc) is 2.91. The minimum atomic E-state index is -2.88. The molecule has 0 unspecified atom stereocenters. The zero-order valence-electron chi connectivity index (χ0n) is 10.9. The predicted octanol–water partition coefficient (Wildman–Crippen LogP) is 3.18. The van der Waals surface area contributed by atoms with Crippen LogP contribution in [0.3, 0.4) is 0 Å². The van der Waals surface area contributed by atoms with Crippen molar-refractivity contribution in [1.29, 1.82) is 0 Å². The van der Waals surface area contributed by atoms with Gasteiger partial charge >= 0.3 is 6.61 Å². The van der Waals surface area contributed by atoms with E-state index < -0.39 is 6.61 Å². The summed E-state index contributed by atoms with van der Waals surface area (Å²) in [6.07, 6.45) is 1.60. The van der Waals surface area contributed by atoms with Crippen molar-refractivity contribution in [2.75, 3.05) is 7.11 Å². The molecule has 0 fully saturated rings. The van der Waals surface area contributed by atoms with Crippen LogP contribution in [0.4, 0.5) is 8.78 Å². The summed E-state index contributed by atoms with van der Waals surface area (Å²) < 4.78 is 39.2. The van der Waals surface area contributed by atoms with E-state index in [1.165, 1.54) is 13.2 Å². The summed E-state index contributed by atoms with van der Waals surface area (Å²) in [7, 11) is 1.41. The van der Waals surface area contributed by atoms with Crippen LogP contribution in [0.1, 0.15) is 11.3 Å². The molecule has 0 amide bonds. The highest BCUT2D eigenvalue weighted by Crippen LogP contribution is 2.29. The molecule has 1 N–H and O–H groups in total. The van der Waals surface area contributed by atoms with Crippen LogP contribution < -0.4 is 14.8 Å². The first-order valence-corrected chi connectivity index (χ1v) is 6.04. The first-order chi connectivity index (χ1) is 9.69. The van der Waals surface area contributed by atoms with Crippen molar-refractivity contribution < 1.29 is 22.7 Å². The summed E-state index contributed by atoms with van der Waals surface area (Å²) in [6.45, 7) is -1.82. The molecule has 108 valence electrons. The summed E-state index contributed by atoms with van der Waals surface area (Å²) >= 11 is 0. The zero-order chi connectivity index (χ0) is 14.4. The Hall–Kier alpha value is -2.08. The Labute approximate surface area is 115 Å². The topological polar surface area (TPSA) is 43.6 Å². The van der Waals surface area contributed by atoms with Gasteiger partial charge in [0.1, 0.15) is 5.76 Å². The second-order valence-corrected chi connectivity index (χ2v) is 4.05. The molecule has 0 aliphatic carbocycles. The summed E-state index contributed by atoms with van der Waals surface area (Å²) in [5.74, 6) is 1.11. The summed E-state index contributed by atoms with van der Waals surface area (Å²) in [5, 5.41) is 3.14. The number of methoxy groups -OCH3 is 1. The van der Waals surface area contributed by atoms with E-state index in [9.17, 15) is 8.78 Å². The lowest BCUT2D eigenvalue weighted by molar-refractivity contribution is -0.0512. The SMILES string of the molecule is COc1ccc(CNCc2ccco2)cc1OC(F)F. The van der Waals surface area contributed by atoms with Crippen LogP contribution in [-0.4, -0.2) is 13.7 Å². The molecule has 2 rings (SSSR count). The van der Waals surface area contributed by atoms with Gasteiger partial charge in [0.15, 0.2) is 11.5 Å². The monoisotopic (exact) mass is 283 g/mol. The number of rotatable bonds is 7. The third-order valence-corrected chi connectivity index (χ3v) is 2.65. The van der Waals surface area contributed by atoms with Gasteiger partial charge in [0, 0.05) is 6.54 Å². The van der Waals surface area contributed by atoms with Gasteiger partial charge < -0.3 is 19.2 Å². The third kappa shape index (κ3) is 3.96. The van der Waals surface area contributed by atoms with E-state index in [0.29, 0.717) is 13.1 Å². The lowest BCUT2D eigenvalue weighted by atomic mass is 10.2. The van der Waals surface area contributed by atoms with Crippen LogP contribution in [0.5, 0.6) is 11.5 Å². The van der Waals surface area contributed by atoms with E-state index in [2.05, 4.69) is 10.1 Å². The fourth-order valence-corrected chi connectivity index (χ4v) is 1.76. The standard InChI is InChI=1S/C14H15F2NO3/c1-18-12-5-4-10(7-13(12)20-14(15)16)8-17-9-11-3-2-6-19-11/h2-7,14,17H,8-9H2,1H3. The Morgan fingerprint density at radius 2 is 2.05 bits per heavy atom. The number of alkyl halides is 2. The van der Waals surface area contributed by atoms with E-state index in [-0.39, 0.29) is 11.5 Å².